The Balaban J connectivity index is 0.00000225. The summed E-state index contributed by atoms with van der Waals surface area (Å²) in [4.78, 5) is 10.0. The van der Waals surface area contributed by atoms with Crippen molar-refractivity contribution < 1.29 is 4.92 Å². The molecule has 0 heterocycles. The van der Waals surface area contributed by atoms with Crippen molar-refractivity contribution in [1.82, 2.24) is 0 Å². The number of nitrogens with zero attached hydrogens (tertiary/aromatic N) is 1. The van der Waals surface area contributed by atoms with Crippen LogP contribution >= 0.6 is 0 Å². The van der Waals surface area contributed by atoms with Crippen LogP contribution in [0.1, 0.15) is 28.2 Å². The molecule has 16 heavy (non-hydrogen) atoms. The Kier molecular flexibility index (Phi) is 4.95. The Morgan fingerprint density at radius 3 is 2.12 bits per heavy atom. The van der Waals surface area contributed by atoms with Gasteiger partial charge >= 0.3 is 0 Å². The standard InChI is InChI=1S/C11H16N2O2.CH4/c1-11(2,3)8-12-9-4-6-10(7-5-9)13(14)15;/h4-7,12H,8H2,1-3H3;1H4. The molecule has 1 rings (SSSR count). The van der Waals surface area contributed by atoms with Crippen LogP contribution in [-0.2, 0) is 0 Å². The van der Waals surface area contributed by atoms with Gasteiger partial charge in [-0.2, -0.15) is 0 Å². The minimum atomic E-state index is -0.395. The molecule has 4 nitrogen and oxygen atoms in total. The fourth-order valence-corrected chi connectivity index (χ4v) is 1.07. The molecule has 1 aromatic rings. The van der Waals surface area contributed by atoms with Crippen LogP contribution in [0, 0.1) is 15.5 Å². The van der Waals surface area contributed by atoms with Crippen LogP contribution in [0.2, 0.25) is 0 Å². The predicted octanol–water partition coefficient (Wildman–Crippen LogP) is 3.69. The van der Waals surface area contributed by atoms with E-state index in [-0.39, 0.29) is 18.5 Å². The van der Waals surface area contributed by atoms with Gasteiger partial charge in [-0.05, 0) is 17.5 Å². The summed E-state index contributed by atoms with van der Waals surface area (Å²) in [5, 5.41) is 13.6. The van der Waals surface area contributed by atoms with Crippen molar-refractivity contribution in [2.75, 3.05) is 11.9 Å². The highest BCUT2D eigenvalue weighted by Crippen LogP contribution is 2.18. The lowest BCUT2D eigenvalue weighted by Crippen LogP contribution is -2.18. The van der Waals surface area contributed by atoms with Crippen LogP contribution in [0.25, 0.3) is 0 Å². The summed E-state index contributed by atoms with van der Waals surface area (Å²) in [5.41, 5.74) is 1.23. The topological polar surface area (TPSA) is 55.2 Å². The molecule has 0 spiro atoms. The van der Waals surface area contributed by atoms with Crippen LogP contribution in [0.15, 0.2) is 24.3 Å². The van der Waals surface area contributed by atoms with Crippen LogP contribution in [0.3, 0.4) is 0 Å². The van der Waals surface area contributed by atoms with Crippen molar-refractivity contribution in [3.63, 3.8) is 0 Å². The van der Waals surface area contributed by atoms with Crippen molar-refractivity contribution in [2.24, 2.45) is 5.41 Å². The van der Waals surface area contributed by atoms with Gasteiger partial charge in [0.05, 0.1) is 4.92 Å². The first kappa shape index (κ1) is 14.4. The average molecular weight is 224 g/mol. The molecule has 0 aromatic heterocycles. The van der Waals surface area contributed by atoms with E-state index in [2.05, 4.69) is 26.1 Å². The lowest BCUT2D eigenvalue weighted by atomic mass is 9.97. The number of benzene rings is 1. The molecule has 0 fully saturated rings. The van der Waals surface area contributed by atoms with E-state index in [9.17, 15) is 10.1 Å². The van der Waals surface area contributed by atoms with E-state index in [0.717, 1.165) is 12.2 Å². The minimum absolute atomic E-state index is 0. The smallest absolute Gasteiger partial charge is 0.269 e. The van der Waals surface area contributed by atoms with Crippen LogP contribution in [-0.4, -0.2) is 11.5 Å². The Labute approximate surface area is 96.8 Å². The molecule has 4 heteroatoms. The predicted molar refractivity (Wildman–Crippen MR) is 67.8 cm³/mol. The third-order valence-corrected chi connectivity index (χ3v) is 1.90. The molecule has 0 bridgehead atoms. The number of non-ortho nitro benzene ring substituents is 1. The lowest BCUT2D eigenvalue weighted by Gasteiger charge is -2.19. The third-order valence-electron chi connectivity index (χ3n) is 1.90. The van der Waals surface area contributed by atoms with Gasteiger partial charge in [-0.15, -0.1) is 0 Å². The van der Waals surface area contributed by atoms with E-state index in [0.29, 0.717) is 0 Å². The molecule has 0 aliphatic heterocycles. The summed E-state index contributed by atoms with van der Waals surface area (Å²) in [6.07, 6.45) is 0. The highest BCUT2D eigenvalue weighted by molar-refractivity contribution is 5.48. The number of hydrogen-bond donors (Lipinski definition) is 1. The number of anilines is 1. The monoisotopic (exact) mass is 224 g/mol. The molecule has 0 aliphatic carbocycles. The quantitative estimate of drug-likeness (QED) is 0.629. The molecule has 1 N–H and O–H groups in total. The fourth-order valence-electron chi connectivity index (χ4n) is 1.07. The average Bonchev–Trinajstić information content (AvgIpc) is 2.14. The maximum absolute atomic E-state index is 10.4. The van der Waals surface area contributed by atoms with Crippen molar-refractivity contribution >= 4 is 11.4 Å². The van der Waals surface area contributed by atoms with Crippen molar-refractivity contribution in [1.29, 1.82) is 0 Å². The SMILES string of the molecule is C.CC(C)(C)CNc1ccc([N+](=O)[O-])cc1. The van der Waals surface area contributed by atoms with E-state index in [1.54, 1.807) is 12.1 Å². The first-order chi connectivity index (χ1) is 6.88. The summed E-state index contributed by atoms with van der Waals surface area (Å²) in [7, 11) is 0. The zero-order valence-electron chi connectivity index (χ0n) is 9.28. The first-order valence-electron chi connectivity index (χ1n) is 4.87. The molecule has 0 saturated carbocycles. The molecule has 0 saturated heterocycles. The normalized spacial score (nSPS) is 10.4. The van der Waals surface area contributed by atoms with Gasteiger partial charge in [0, 0.05) is 24.4 Å². The summed E-state index contributed by atoms with van der Waals surface area (Å²) < 4.78 is 0. The number of rotatable bonds is 3. The van der Waals surface area contributed by atoms with Gasteiger partial charge in [0.25, 0.3) is 5.69 Å². The second kappa shape index (κ2) is 5.49. The highest BCUT2D eigenvalue weighted by Gasteiger charge is 2.10. The molecular weight excluding hydrogens is 204 g/mol. The third kappa shape index (κ3) is 4.77. The van der Waals surface area contributed by atoms with E-state index in [1.807, 2.05) is 0 Å². The molecule has 0 amide bonds. The van der Waals surface area contributed by atoms with Gasteiger partial charge in [0.2, 0.25) is 0 Å². The Morgan fingerprint density at radius 2 is 1.75 bits per heavy atom. The zero-order valence-corrected chi connectivity index (χ0v) is 9.28. The van der Waals surface area contributed by atoms with E-state index < -0.39 is 4.92 Å². The Bertz CT molecular complexity index is 339. The van der Waals surface area contributed by atoms with E-state index >= 15 is 0 Å². The molecular formula is C12H20N2O2. The molecule has 1 aromatic carbocycles. The van der Waals surface area contributed by atoms with E-state index in [4.69, 9.17) is 0 Å². The number of hydrogen-bond acceptors (Lipinski definition) is 3. The fraction of sp³-hybridized carbons (Fsp3) is 0.500. The lowest BCUT2D eigenvalue weighted by molar-refractivity contribution is -0.384. The maximum Gasteiger partial charge on any atom is 0.269 e. The summed E-state index contributed by atoms with van der Waals surface area (Å²) in [5.74, 6) is 0. The molecule has 0 atom stereocenters. The Hall–Kier alpha value is -1.58. The van der Waals surface area contributed by atoms with Gasteiger partial charge in [0.15, 0.2) is 0 Å². The van der Waals surface area contributed by atoms with Crippen molar-refractivity contribution in [2.45, 2.75) is 28.2 Å². The van der Waals surface area contributed by atoms with Gasteiger partial charge in [-0.3, -0.25) is 10.1 Å². The van der Waals surface area contributed by atoms with Crippen LogP contribution in [0.4, 0.5) is 11.4 Å². The van der Waals surface area contributed by atoms with Gasteiger partial charge in [-0.1, -0.05) is 28.2 Å². The van der Waals surface area contributed by atoms with Gasteiger partial charge in [-0.25, -0.2) is 0 Å². The maximum atomic E-state index is 10.4. The van der Waals surface area contributed by atoms with Crippen molar-refractivity contribution in [3.8, 4) is 0 Å². The second-order valence-corrected chi connectivity index (χ2v) is 4.72. The number of nitro groups is 1. The zero-order chi connectivity index (χ0) is 11.5. The first-order valence-corrected chi connectivity index (χ1v) is 4.87. The Morgan fingerprint density at radius 1 is 1.25 bits per heavy atom. The summed E-state index contributed by atoms with van der Waals surface area (Å²) >= 11 is 0. The molecule has 0 radical (unpaired) electrons. The molecule has 0 unspecified atom stereocenters. The largest absolute Gasteiger partial charge is 0.385 e. The minimum Gasteiger partial charge on any atom is -0.385 e. The molecule has 90 valence electrons. The van der Waals surface area contributed by atoms with Gasteiger partial charge < -0.3 is 5.32 Å². The second-order valence-electron chi connectivity index (χ2n) is 4.72. The van der Waals surface area contributed by atoms with E-state index in [1.165, 1.54) is 12.1 Å². The highest BCUT2D eigenvalue weighted by atomic mass is 16.6. The summed E-state index contributed by atoms with van der Waals surface area (Å²) in [6, 6.07) is 6.46. The number of nitro benzene ring substituents is 1. The van der Waals surface area contributed by atoms with Crippen LogP contribution in [0.5, 0.6) is 0 Å². The summed E-state index contributed by atoms with van der Waals surface area (Å²) in [6.45, 7) is 7.23. The van der Waals surface area contributed by atoms with Crippen LogP contribution < -0.4 is 5.32 Å². The van der Waals surface area contributed by atoms with Crippen molar-refractivity contribution in [3.05, 3.63) is 34.4 Å². The molecule has 0 aliphatic rings. The van der Waals surface area contributed by atoms with Gasteiger partial charge in [0.1, 0.15) is 0 Å². The number of nitrogens with one attached hydrogen (secondary N) is 1.